The average molecular weight is 255 g/mol. The molecule has 0 spiro atoms. The van der Waals surface area contributed by atoms with Crippen LogP contribution < -0.4 is 10.1 Å². The molecule has 0 amide bonds. The average Bonchev–Trinajstić information content (AvgIpc) is 2.46. The van der Waals surface area contributed by atoms with Gasteiger partial charge in [0, 0.05) is 11.8 Å². The number of anilines is 1. The van der Waals surface area contributed by atoms with E-state index in [0.717, 1.165) is 17.9 Å². The Morgan fingerprint density at radius 3 is 2.47 bits per heavy atom. The second kappa shape index (κ2) is 6.28. The molecule has 0 bridgehead atoms. The van der Waals surface area contributed by atoms with E-state index in [1.165, 1.54) is 11.1 Å². The first kappa shape index (κ1) is 13.5. The Balaban J connectivity index is 2.16. The van der Waals surface area contributed by atoms with Crippen LogP contribution in [0, 0.1) is 6.92 Å². The fourth-order valence-electron chi connectivity index (χ4n) is 2.13. The largest absolute Gasteiger partial charge is 0.497 e. The molecule has 1 N–H and O–H groups in total. The van der Waals surface area contributed by atoms with E-state index in [4.69, 9.17) is 4.74 Å². The molecule has 1 atom stereocenters. The monoisotopic (exact) mass is 255 g/mol. The minimum atomic E-state index is 0.327. The molecule has 1 unspecified atom stereocenters. The summed E-state index contributed by atoms with van der Waals surface area (Å²) in [6, 6.07) is 17.1. The van der Waals surface area contributed by atoms with Crippen molar-refractivity contribution in [2.45, 2.75) is 26.3 Å². The Morgan fingerprint density at radius 1 is 1.11 bits per heavy atom. The third-order valence-corrected chi connectivity index (χ3v) is 3.30. The lowest BCUT2D eigenvalue weighted by molar-refractivity contribution is 0.415. The SMILES string of the molecule is CCC(Nc1cccc(OC)c1)c1ccc(C)cc1. The molecule has 19 heavy (non-hydrogen) atoms. The van der Waals surface area contributed by atoms with E-state index in [1.54, 1.807) is 7.11 Å². The van der Waals surface area contributed by atoms with Crippen LogP contribution in [0.25, 0.3) is 0 Å². The lowest BCUT2D eigenvalue weighted by Gasteiger charge is -2.19. The van der Waals surface area contributed by atoms with Crippen molar-refractivity contribution < 1.29 is 4.74 Å². The van der Waals surface area contributed by atoms with Crippen molar-refractivity contribution in [2.24, 2.45) is 0 Å². The highest BCUT2D eigenvalue weighted by molar-refractivity contribution is 5.50. The van der Waals surface area contributed by atoms with Gasteiger partial charge in [0.1, 0.15) is 5.75 Å². The Labute approximate surface area is 115 Å². The normalized spacial score (nSPS) is 11.9. The Morgan fingerprint density at radius 2 is 1.84 bits per heavy atom. The summed E-state index contributed by atoms with van der Waals surface area (Å²) in [4.78, 5) is 0. The molecule has 0 radical (unpaired) electrons. The molecule has 0 fully saturated rings. The lowest BCUT2D eigenvalue weighted by Crippen LogP contribution is -2.09. The summed E-state index contributed by atoms with van der Waals surface area (Å²) in [5.74, 6) is 0.878. The van der Waals surface area contributed by atoms with Gasteiger partial charge in [-0.1, -0.05) is 42.8 Å². The number of aryl methyl sites for hydroxylation is 1. The molecule has 0 aromatic heterocycles. The molecule has 0 heterocycles. The Kier molecular flexibility index (Phi) is 4.45. The van der Waals surface area contributed by atoms with Crippen molar-refractivity contribution in [2.75, 3.05) is 12.4 Å². The van der Waals surface area contributed by atoms with Crippen LogP contribution in [-0.2, 0) is 0 Å². The van der Waals surface area contributed by atoms with Crippen LogP contribution in [0.4, 0.5) is 5.69 Å². The van der Waals surface area contributed by atoms with Crippen molar-refractivity contribution in [3.8, 4) is 5.75 Å². The first-order valence-corrected chi connectivity index (χ1v) is 6.70. The molecule has 2 nitrogen and oxygen atoms in total. The molecule has 0 saturated heterocycles. The van der Waals surface area contributed by atoms with E-state index in [0.29, 0.717) is 6.04 Å². The van der Waals surface area contributed by atoms with Crippen molar-refractivity contribution >= 4 is 5.69 Å². The van der Waals surface area contributed by atoms with Gasteiger partial charge in [-0.15, -0.1) is 0 Å². The summed E-state index contributed by atoms with van der Waals surface area (Å²) in [5, 5.41) is 3.56. The number of hydrogen-bond donors (Lipinski definition) is 1. The predicted octanol–water partition coefficient (Wildman–Crippen LogP) is 4.57. The van der Waals surface area contributed by atoms with Gasteiger partial charge in [0.25, 0.3) is 0 Å². The van der Waals surface area contributed by atoms with E-state index in [1.807, 2.05) is 18.2 Å². The third-order valence-electron chi connectivity index (χ3n) is 3.30. The molecule has 0 saturated carbocycles. The summed E-state index contributed by atoms with van der Waals surface area (Å²) in [6.07, 6.45) is 1.04. The zero-order chi connectivity index (χ0) is 13.7. The van der Waals surface area contributed by atoms with Crippen LogP contribution >= 0.6 is 0 Å². The van der Waals surface area contributed by atoms with Crippen molar-refractivity contribution in [1.82, 2.24) is 0 Å². The maximum atomic E-state index is 5.25. The number of benzene rings is 2. The van der Waals surface area contributed by atoms with Gasteiger partial charge >= 0.3 is 0 Å². The van der Waals surface area contributed by atoms with Gasteiger partial charge in [0.15, 0.2) is 0 Å². The van der Waals surface area contributed by atoms with E-state index < -0.39 is 0 Å². The number of ether oxygens (including phenoxy) is 1. The number of rotatable bonds is 5. The molecule has 0 aliphatic rings. The van der Waals surface area contributed by atoms with Gasteiger partial charge in [0.05, 0.1) is 13.2 Å². The standard InChI is InChI=1S/C17H21NO/c1-4-17(14-10-8-13(2)9-11-14)18-15-6-5-7-16(12-15)19-3/h5-12,17-18H,4H2,1-3H3. The second-order valence-corrected chi connectivity index (χ2v) is 4.75. The quantitative estimate of drug-likeness (QED) is 0.845. The minimum absolute atomic E-state index is 0.327. The molecular weight excluding hydrogens is 234 g/mol. The molecule has 100 valence electrons. The number of methoxy groups -OCH3 is 1. The first-order chi connectivity index (χ1) is 9.22. The maximum Gasteiger partial charge on any atom is 0.120 e. The molecule has 2 aromatic carbocycles. The van der Waals surface area contributed by atoms with Gasteiger partial charge in [-0.25, -0.2) is 0 Å². The number of hydrogen-bond acceptors (Lipinski definition) is 2. The predicted molar refractivity (Wildman–Crippen MR) is 80.8 cm³/mol. The minimum Gasteiger partial charge on any atom is -0.497 e. The molecule has 0 aliphatic carbocycles. The van der Waals surface area contributed by atoms with Crippen molar-refractivity contribution in [3.05, 3.63) is 59.7 Å². The second-order valence-electron chi connectivity index (χ2n) is 4.75. The summed E-state index contributed by atoms with van der Waals surface area (Å²) in [7, 11) is 1.69. The molecule has 2 heteroatoms. The van der Waals surface area contributed by atoms with Gasteiger partial charge < -0.3 is 10.1 Å². The van der Waals surface area contributed by atoms with E-state index in [2.05, 4.69) is 49.5 Å². The van der Waals surface area contributed by atoms with Crippen LogP contribution in [0.15, 0.2) is 48.5 Å². The summed E-state index contributed by atoms with van der Waals surface area (Å²) < 4.78 is 5.25. The number of nitrogens with one attached hydrogen (secondary N) is 1. The molecule has 2 aromatic rings. The lowest BCUT2D eigenvalue weighted by atomic mass is 10.0. The van der Waals surface area contributed by atoms with Crippen molar-refractivity contribution in [3.63, 3.8) is 0 Å². The molecule has 0 aliphatic heterocycles. The van der Waals surface area contributed by atoms with Gasteiger partial charge in [0.2, 0.25) is 0 Å². The zero-order valence-electron chi connectivity index (χ0n) is 11.8. The smallest absolute Gasteiger partial charge is 0.120 e. The fraction of sp³-hybridized carbons (Fsp3) is 0.294. The molecular formula is C17H21NO. The van der Waals surface area contributed by atoms with Gasteiger partial charge in [-0.2, -0.15) is 0 Å². The third kappa shape index (κ3) is 3.50. The molecule has 2 rings (SSSR count). The first-order valence-electron chi connectivity index (χ1n) is 6.70. The van der Waals surface area contributed by atoms with Gasteiger partial charge in [-0.05, 0) is 31.0 Å². The van der Waals surface area contributed by atoms with Crippen LogP contribution in [0.2, 0.25) is 0 Å². The fourth-order valence-corrected chi connectivity index (χ4v) is 2.13. The van der Waals surface area contributed by atoms with Crippen LogP contribution in [0.3, 0.4) is 0 Å². The Bertz CT molecular complexity index is 519. The summed E-state index contributed by atoms with van der Waals surface area (Å²) >= 11 is 0. The van der Waals surface area contributed by atoms with Gasteiger partial charge in [-0.3, -0.25) is 0 Å². The highest BCUT2D eigenvalue weighted by Crippen LogP contribution is 2.25. The van der Waals surface area contributed by atoms with E-state index in [9.17, 15) is 0 Å². The van der Waals surface area contributed by atoms with E-state index >= 15 is 0 Å². The summed E-state index contributed by atoms with van der Waals surface area (Å²) in [5.41, 5.74) is 3.70. The zero-order valence-corrected chi connectivity index (χ0v) is 11.8. The highest BCUT2D eigenvalue weighted by Gasteiger charge is 2.09. The van der Waals surface area contributed by atoms with Crippen LogP contribution in [0.5, 0.6) is 5.75 Å². The summed E-state index contributed by atoms with van der Waals surface area (Å²) in [6.45, 7) is 4.30. The maximum absolute atomic E-state index is 5.25. The van der Waals surface area contributed by atoms with E-state index in [-0.39, 0.29) is 0 Å². The van der Waals surface area contributed by atoms with Crippen LogP contribution in [0.1, 0.15) is 30.5 Å². The van der Waals surface area contributed by atoms with Crippen LogP contribution in [-0.4, -0.2) is 7.11 Å². The Hall–Kier alpha value is -1.96. The highest BCUT2D eigenvalue weighted by atomic mass is 16.5. The topological polar surface area (TPSA) is 21.3 Å². The van der Waals surface area contributed by atoms with Crippen molar-refractivity contribution in [1.29, 1.82) is 0 Å².